The van der Waals surface area contributed by atoms with Crippen LogP contribution >= 0.6 is 0 Å². The molecule has 0 radical (unpaired) electrons. The molecule has 2 aromatic rings. The fraction of sp³-hybridized carbons (Fsp3) is 0.300. The molecule has 2 rings (SSSR count). The molecule has 100 valence electrons. The Balaban J connectivity index is 2.04. The third-order valence-corrected chi connectivity index (χ3v) is 2.41. The second-order valence-corrected chi connectivity index (χ2v) is 3.89. The van der Waals surface area contributed by atoms with E-state index in [1.54, 1.807) is 6.92 Å². The van der Waals surface area contributed by atoms with Crippen LogP contribution in [0.2, 0.25) is 0 Å². The monoisotopic (exact) mass is 264 g/mol. The molecule has 1 amide bonds. The van der Waals surface area contributed by atoms with Crippen LogP contribution in [0.4, 0.5) is 0 Å². The summed E-state index contributed by atoms with van der Waals surface area (Å²) in [7, 11) is 0. The summed E-state index contributed by atoms with van der Waals surface area (Å²) in [4.78, 5) is 38.1. The predicted octanol–water partition coefficient (Wildman–Crippen LogP) is -1.47. The van der Waals surface area contributed by atoms with Gasteiger partial charge in [0.05, 0.1) is 6.04 Å². The lowest BCUT2D eigenvalue weighted by atomic mass is 10.3. The number of rotatable bonds is 4. The van der Waals surface area contributed by atoms with Gasteiger partial charge in [0.2, 0.25) is 5.91 Å². The van der Waals surface area contributed by atoms with E-state index in [9.17, 15) is 14.4 Å². The summed E-state index contributed by atoms with van der Waals surface area (Å²) >= 11 is 0. The lowest BCUT2D eigenvalue weighted by Crippen LogP contribution is -2.37. The molecule has 0 spiro atoms. The summed E-state index contributed by atoms with van der Waals surface area (Å²) in [5.41, 5.74) is -0.905. The summed E-state index contributed by atoms with van der Waals surface area (Å²) in [5.74, 6) is 0.0788. The van der Waals surface area contributed by atoms with Crippen molar-refractivity contribution in [3.8, 4) is 0 Å². The molecule has 0 aromatic carbocycles. The summed E-state index contributed by atoms with van der Waals surface area (Å²) < 4.78 is 0.935. The highest BCUT2D eigenvalue weighted by atomic mass is 16.2. The molecule has 0 saturated heterocycles. The van der Waals surface area contributed by atoms with E-state index in [0.29, 0.717) is 5.82 Å². The van der Waals surface area contributed by atoms with Gasteiger partial charge in [-0.15, -0.1) is 0 Å². The Hall–Kier alpha value is -2.71. The van der Waals surface area contributed by atoms with E-state index in [1.807, 2.05) is 0 Å². The predicted molar refractivity (Wildman–Crippen MR) is 64.3 cm³/mol. The molecule has 0 aliphatic carbocycles. The van der Waals surface area contributed by atoms with Crippen molar-refractivity contribution in [3.05, 3.63) is 45.0 Å². The Morgan fingerprint density at radius 3 is 2.95 bits per heavy atom. The van der Waals surface area contributed by atoms with Crippen LogP contribution in [0.1, 0.15) is 18.8 Å². The summed E-state index contributed by atoms with van der Waals surface area (Å²) in [6.07, 6.45) is 1.33. The van der Waals surface area contributed by atoms with Gasteiger partial charge >= 0.3 is 0 Å². The molecule has 0 saturated carbocycles. The highest BCUT2D eigenvalue weighted by Gasteiger charge is 2.12. The zero-order chi connectivity index (χ0) is 13.8. The maximum absolute atomic E-state index is 11.7. The third kappa shape index (κ3) is 3.15. The van der Waals surface area contributed by atoms with Gasteiger partial charge < -0.3 is 5.32 Å². The van der Waals surface area contributed by atoms with Crippen molar-refractivity contribution >= 4 is 5.91 Å². The standard InChI is InChI=1S/C10H12N6O3/c1-6(10-11-5-12-14-10)13-8(18)4-16-9(19)3-2-7(17)15-16/h2-3,5-6H,4H2,1H3,(H,13,18)(H,15,17)(H,11,12,14). The van der Waals surface area contributed by atoms with Gasteiger partial charge in [0.25, 0.3) is 11.1 Å². The fourth-order valence-corrected chi connectivity index (χ4v) is 1.50. The molecule has 0 aliphatic rings. The van der Waals surface area contributed by atoms with Crippen molar-refractivity contribution in [2.75, 3.05) is 0 Å². The minimum Gasteiger partial charge on any atom is -0.345 e. The van der Waals surface area contributed by atoms with Crippen LogP contribution < -0.4 is 16.4 Å². The molecule has 3 N–H and O–H groups in total. The fourth-order valence-electron chi connectivity index (χ4n) is 1.50. The van der Waals surface area contributed by atoms with Gasteiger partial charge in [-0.3, -0.25) is 24.6 Å². The minimum absolute atomic E-state index is 0.270. The number of carbonyl (C=O) groups is 1. The lowest BCUT2D eigenvalue weighted by Gasteiger charge is -2.11. The summed E-state index contributed by atoms with van der Waals surface area (Å²) in [6.45, 7) is 1.45. The Morgan fingerprint density at radius 2 is 2.26 bits per heavy atom. The first kappa shape index (κ1) is 12.7. The van der Waals surface area contributed by atoms with Gasteiger partial charge in [0.15, 0.2) is 0 Å². The number of hydrogen-bond acceptors (Lipinski definition) is 5. The first-order valence-electron chi connectivity index (χ1n) is 5.51. The number of nitrogens with zero attached hydrogens (tertiary/aromatic N) is 3. The van der Waals surface area contributed by atoms with Gasteiger partial charge in [0, 0.05) is 12.1 Å². The molecule has 2 aromatic heterocycles. The minimum atomic E-state index is -0.456. The van der Waals surface area contributed by atoms with Crippen molar-refractivity contribution in [2.45, 2.75) is 19.5 Å². The van der Waals surface area contributed by atoms with Crippen LogP contribution in [0.25, 0.3) is 0 Å². The summed E-state index contributed by atoms with van der Waals surface area (Å²) in [5, 5.41) is 11.2. The number of hydrogen-bond donors (Lipinski definition) is 3. The molecule has 0 bridgehead atoms. The molecule has 9 heteroatoms. The van der Waals surface area contributed by atoms with E-state index in [1.165, 1.54) is 6.33 Å². The van der Waals surface area contributed by atoms with Crippen LogP contribution in [0.3, 0.4) is 0 Å². The number of carbonyl (C=O) groups excluding carboxylic acids is 1. The smallest absolute Gasteiger partial charge is 0.265 e. The molecule has 2 heterocycles. The number of nitrogens with one attached hydrogen (secondary N) is 3. The quantitative estimate of drug-likeness (QED) is 0.621. The van der Waals surface area contributed by atoms with Crippen LogP contribution in [0.15, 0.2) is 28.0 Å². The number of aromatic amines is 2. The second kappa shape index (κ2) is 5.29. The molecular formula is C10H12N6O3. The van der Waals surface area contributed by atoms with E-state index in [4.69, 9.17) is 0 Å². The maximum Gasteiger partial charge on any atom is 0.265 e. The average Bonchev–Trinajstić information content (AvgIpc) is 2.87. The second-order valence-electron chi connectivity index (χ2n) is 3.89. The molecule has 0 aliphatic heterocycles. The molecule has 1 atom stereocenters. The van der Waals surface area contributed by atoms with Gasteiger partial charge in [-0.25, -0.2) is 9.67 Å². The largest absolute Gasteiger partial charge is 0.345 e. The topological polar surface area (TPSA) is 126 Å². The number of aromatic nitrogens is 5. The average molecular weight is 264 g/mol. The molecule has 19 heavy (non-hydrogen) atoms. The van der Waals surface area contributed by atoms with Crippen molar-refractivity contribution in [1.29, 1.82) is 0 Å². The summed E-state index contributed by atoms with van der Waals surface area (Å²) in [6, 6.07) is 1.83. The van der Waals surface area contributed by atoms with Crippen molar-refractivity contribution in [1.82, 2.24) is 30.3 Å². The van der Waals surface area contributed by atoms with E-state index in [0.717, 1.165) is 16.8 Å². The lowest BCUT2D eigenvalue weighted by molar-refractivity contribution is -0.122. The Labute approximate surface area is 106 Å². The van der Waals surface area contributed by atoms with Gasteiger partial charge in [0.1, 0.15) is 18.7 Å². The van der Waals surface area contributed by atoms with E-state index in [2.05, 4.69) is 25.6 Å². The highest BCUT2D eigenvalue weighted by molar-refractivity contribution is 5.75. The van der Waals surface area contributed by atoms with Crippen molar-refractivity contribution in [2.24, 2.45) is 0 Å². The molecular weight excluding hydrogens is 252 g/mol. The number of H-pyrrole nitrogens is 2. The van der Waals surface area contributed by atoms with Gasteiger partial charge in [-0.2, -0.15) is 5.10 Å². The highest BCUT2D eigenvalue weighted by Crippen LogP contribution is 2.03. The Bertz CT molecular complexity index is 671. The SMILES string of the molecule is CC(NC(=O)Cn1[nH]c(=O)ccc1=O)c1ncn[nH]1. The molecule has 9 nitrogen and oxygen atoms in total. The Morgan fingerprint density at radius 1 is 1.47 bits per heavy atom. The third-order valence-electron chi connectivity index (χ3n) is 2.41. The molecule has 1 unspecified atom stereocenters. The van der Waals surface area contributed by atoms with E-state index in [-0.39, 0.29) is 12.6 Å². The normalized spacial score (nSPS) is 12.1. The van der Waals surface area contributed by atoms with E-state index < -0.39 is 17.0 Å². The van der Waals surface area contributed by atoms with Crippen LogP contribution in [-0.2, 0) is 11.3 Å². The zero-order valence-corrected chi connectivity index (χ0v) is 10.1. The van der Waals surface area contributed by atoms with Crippen LogP contribution in [0.5, 0.6) is 0 Å². The van der Waals surface area contributed by atoms with Crippen molar-refractivity contribution in [3.63, 3.8) is 0 Å². The van der Waals surface area contributed by atoms with Crippen molar-refractivity contribution < 1.29 is 4.79 Å². The Kier molecular flexibility index (Phi) is 3.55. The number of amides is 1. The molecule has 0 fully saturated rings. The van der Waals surface area contributed by atoms with Gasteiger partial charge in [-0.05, 0) is 6.92 Å². The van der Waals surface area contributed by atoms with Crippen LogP contribution in [0, 0.1) is 0 Å². The first-order valence-corrected chi connectivity index (χ1v) is 5.51. The van der Waals surface area contributed by atoms with Crippen LogP contribution in [-0.4, -0.2) is 30.9 Å². The first-order chi connectivity index (χ1) is 9.06. The van der Waals surface area contributed by atoms with Gasteiger partial charge in [-0.1, -0.05) is 0 Å². The maximum atomic E-state index is 11.7. The van der Waals surface area contributed by atoms with E-state index >= 15 is 0 Å². The zero-order valence-electron chi connectivity index (χ0n) is 10.1.